The van der Waals surface area contributed by atoms with E-state index in [1.165, 1.54) is 43.4 Å². The quantitative estimate of drug-likeness (QED) is 0.846. The molecule has 1 heterocycles. The lowest BCUT2D eigenvalue weighted by molar-refractivity contribution is 0.280. The minimum atomic E-state index is 0.752. The molecule has 2 nitrogen and oxygen atoms in total. The van der Waals surface area contributed by atoms with E-state index in [0.29, 0.717) is 0 Å². The molecule has 1 fully saturated rings. The van der Waals surface area contributed by atoms with Crippen LogP contribution in [-0.2, 0) is 6.42 Å². The smallest absolute Gasteiger partial charge is 0.0401 e. The zero-order valence-electron chi connectivity index (χ0n) is 10.4. The molecule has 0 spiro atoms. The number of nitrogens with two attached hydrogens (primary N) is 1. The second-order valence-electron chi connectivity index (χ2n) is 5.43. The molecule has 2 aliphatic rings. The summed E-state index contributed by atoms with van der Waals surface area (Å²) in [5, 5.41) is 0. The number of nitrogens with zero attached hydrogens (tertiary/aromatic N) is 1. The van der Waals surface area contributed by atoms with Gasteiger partial charge in [0, 0.05) is 24.8 Å². The first-order valence-electron chi connectivity index (χ1n) is 6.95. The Hall–Kier alpha value is -1.02. The molecule has 2 heteroatoms. The van der Waals surface area contributed by atoms with E-state index in [2.05, 4.69) is 29.2 Å². The van der Waals surface area contributed by atoms with Gasteiger partial charge in [-0.25, -0.2) is 0 Å². The minimum Gasteiger partial charge on any atom is -0.367 e. The summed E-state index contributed by atoms with van der Waals surface area (Å²) in [7, 11) is 0. The molecular weight excluding hydrogens is 208 g/mol. The molecule has 1 aliphatic carbocycles. The first-order valence-corrected chi connectivity index (χ1v) is 6.95. The molecule has 0 unspecified atom stereocenters. The zero-order chi connectivity index (χ0) is 11.7. The van der Waals surface area contributed by atoms with Crippen LogP contribution >= 0.6 is 0 Å². The number of rotatable bonds is 2. The Morgan fingerprint density at radius 1 is 1.18 bits per heavy atom. The lowest BCUT2D eigenvalue weighted by Gasteiger charge is -2.46. The van der Waals surface area contributed by atoms with Crippen molar-refractivity contribution in [2.45, 2.75) is 38.1 Å². The summed E-state index contributed by atoms with van der Waals surface area (Å²) in [6.45, 7) is 1.77. The van der Waals surface area contributed by atoms with Crippen LogP contribution in [0.3, 0.4) is 0 Å². The SMILES string of the molecule is NCCN1c2ccccc2C[C@@H]2CCCC[C@@H]21. The third-order valence-electron chi connectivity index (χ3n) is 4.42. The molecule has 1 saturated carbocycles. The Labute approximate surface area is 104 Å². The molecule has 2 N–H and O–H groups in total. The highest BCUT2D eigenvalue weighted by Gasteiger charge is 2.34. The third kappa shape index (κ3) is 1.95. The predicted octanol–water partition coefficient (Wildman–Crippen LogP) is 2.57. The van der Waals surface area contributed by atoms with Gasteiger partial charge in [0.15, 0.2) is 0 Å². The van der Waals surface area contributed by atoms with Crippen LogP contribution in [0, 0.1) is 5.92 Å². The van der Waals surface area contributed by atoms with Crippen molar-refractivity contribution in [3.63, 3.8) is 0 Å². The average Bonchev–Trinajstić information content (AvgIpc) is 2.39. The van der Waals surface area contributed by atoms with Crippen molar-refractivity contribution >= 4 is 5.69 Å². The maximum Gasteiger partial charge on any atom is 0.0401 e. The predicted molar refractivity (Wildman–Crippen MR) is 72.3 cm³/mol. The molecule has 0 amide bonds. The second kappa shape index (κ2) is 4.69. The Balaban J connectivity index is 1.96. The van der Waals surface area contributed by atoms with Gasteiger partial charge in [0.05, 0.1) is 0 Å². The Bertz CT molecular complexity index is 388. The van der Waals surface area contributed by atoms with E-state index in [0.717, 1.165) is 25.0 Å². The van der Waals surface area contributed by atoms with Crippen LogP contribution in [0.25, 0.3) is 0 Å². The molecule has 0 radical (unpaired) electrons. The van der Waals surface area contributed by atoms with Crippen molar-refractivity contribution in [1.29, 1.82) is 0 Å². The highest BCUT2D eigenvalue weighted by molar-refractivity contribution is 5.57. The van der Waals surface area contributed by atoms with Crippen molar-refractivity contribution < 1.29 is 0 Å². The van der Waals surface area contributed by atoms with E-state index in [1.807, 2.05) is 0 Å². The minimum absolute atomic E-state index is 0.752. The highest BCUT2D eigenvalue weighted by atomic mass is 15.2. The lowest BCUT2D eigenvalue weighted by Crippen LogP contribution is -2.48. The molecule has 3 rings (SSSR count). The summed E-state index contributed by atoms with van der Waals surface area (Å²) in [6, 6.07) is 9.65. The largest absolute Gasteiger partial charge is 0.367 e. The van der Waals surface area contributed by atoms with Gasteiger partial charge in [0.1, 0.15) is 0 Å². The Kier molecular flexibility index (Phi) is 3.06. The fourth-order valence-electron chi connectivity index (χ4n) is 3.69. The third-order valence-corrected chi connectivity index (χ3v) is 4.42. The van der Waals surface area contributed by atoms with Gasteiger partial charge in [-0.2, -0.15) is 0 Å². The first-order chi connectivity index (χ1) is 8.40. The van der Waals surface area contributed by atoms with Crippen molar-refractivity contribution in [1.82, 2.24) is 0 Å². The normalized spacial score (nSPS) is 27.5. The number of fused-ring (bicyclic) bond motifs is 2. The molecule has 0 saturated heterocycles. The van der Waals surface area contributed by atoms with Crippen LogP contribution in [0.4, 0.5) is 5.69 Å². The molecule has 1 aliphatic heterocycles. The summed E-state index contributed by atoms with van der Waals surface area (Å²) < 4.78 is 0. The van der Waals surface area contributed by atoms with Crippen LogP contribution in [-0.4, -0.2) is 19.1 Å². The number of benzene rings is 1. The van der Waals surface area contributed by atoms with Gasteiger partial charge >= 0.3 is 0 Å². The number of hydrogen-bond donors (Lipinski definition) is 1. The van der Waals surface area contributed by atoms with Gasteiger partial charge in [-0.1, -0.05) is 31.0 Å². The van der Waals surface area contributed by atoms with Gasteiger partial charge < -0.3 is 10.6 Å². The summed E-state index contributed by atoms with van der Waals surface area (Å²) >= 11 is 0. The van der Waals surface area contributed by atoms with Crippen LogP contribution in [0.15, 0.2) is 24.3 Å². The maximum atomic E-state index is 5.80. The van der Waals surface area contributed by atoms with E-state index in [4.69, 9.17) is 5.73 Å². The topological polar surface area (TPSA) is 29.3 Å². The van der Waals surface area contributed by atoms with E-state index < -0.39 is 0 Å². The van der Waals surface area contributed by atoms with Crippen LogP contribution in [0.1, 0.15) is 31.2 Å². The summed E-state index contributed by atoms with van der Waals surface area (Å²) in [5.74, 6) is 0.866. The molecule has 2 atom stereocenters. The van der Waals surface area contributed by atoms with E-state index >= 15 is 0 Å². The molecule has 1 aromatic rings. The van der Waals surface area contributed by atoms with E-state index in [-0.39, 0.29) is 0 Å². The molecule has 0 aromatic heterocycles. The van der Waals surface area contributed by atoms with Crippen molar-refractivity contribution in [2.24, 2.45) is 11.7 Å². The second-order valence-corrected chi connectivity index (χ2v) is 5.43. The summed E-state index contributed by atoms with van der Waals surface area (Å²) in [4.78, 5) is 2.59. The van der Waals surface area contributed by atoms with Gasteiger partial charge in [0.25, 0.3) is 0 Å². The Morgan fingerprint density at radius 3 is 2.88 bits per heavy atom. The molecule has 92 valence electrons. The summed E-state index contributed by atoms with van der Waals surface area (Å²) in [6.07, 6.45) is 6.85. The zero-order valence-corrected chi connectivity index (χ0v) is 10.4. The summed E-state index contributed by atoms with van der Waals surface area (Å²) in [5.41, 5.74) is 8.77. The molecule has 1 aromatic carbocycles. The van der Waals surface area contributed by atoms with Gasteiger partial charge in [-0.05, 0) is 36.8 Å². The lowest BCUT2D eigenvalue weighted by atomic mass is 9.76. The van der Waals surface area contributed by atoms with Gasteiger partial charge in [-0.3, -0.25) is 0 Å². The van der Waals surface area contributed by atoms with Crippen molar-refractivity contribution in [3.8, 4) is 0 Å². The molecule has 17 heavy (non-hydrogen) atoms. The highest BCUT2D eigenvalue weighted by Crippen LogP contribution is 2.40. The van der Waals surface area contributed by atoms with Crippen molar-refractivity contribution in [3.05, 3.63) is 29.8 Å². The van der Waals surface area contributed by atoms with Crippen molar-refractivity contribution in [2.75, 3.05) is 18.0 Å². The monoisotopic (exact) mass is 230 g/mol. The molecular formula is C15H22N2. The van der Waals surface area contributed by atoms with E-state index in [9.17, 15) is 0 Å². The van der Waals surface area contributed by atoms with Crippen LogP contribution in [0.2, 0.25) is 0 Å². The van der Waals surface area contributed by atoms with Gasteiger partial charge in [-0.15, -0.1) is 0 Å². The fourth-order valence-corrected chi connectivity index (χ4v) is 3.69. The molecule has 0 bridgehead atoms. The van der Waals surface area contributed by atoms with E-state index in [1.54, 1.807) is 0 Å². The average molecular weight is 230 g/mol. The van der Waals surface area contributed by atoms with Crippen LogP contribution < -0.4 is 10.6 Å². The standard InChI is InChI=1S/C15H22N2/c16-9-10-17-14-7-3-1-5-12(14)11-13-6-2-4-8-15(13)17/h1,3,5,7,13,15H,2,4,6,8-11,16H2/t13-,15-/m0/s1. The van der Waals surface area contributed by atoms with Crippen LogP contribution in [0.5, 0.6) is 0 Å². The van der Waals surface area contributed by atoms with Gasteiger partial charge in [0.2, 0.25) is 0 Å². The first kappa shape index (κ1) is 11.1. The Morgan fingerprint density at radius 2 is 2.00 bits per heavy atom. The number of anilines is 1. The number of hydrogen-bond acceptors (Lipinski definition) is 2. The fraction of sp³-hybridized carbons (Fsp3) is 0.600. The number of para-hydroxylation sites is 1. The maximum absolute atomic E-state index is 5.80.